The van der Waals surface area contributed by atoms with Crippen molar-refractivity contribution in [3.05, 3.63) is 60.8 Å². The van der Waals surface area contributed by atoms with E-state index in [0.717, 1.165) is 51.4 Å². The van der Waals surface area contributed by atoms with Crippen molar-refractivity contribution in [2.24, 2.45) is 0 Å². The quantitative estimate of drug-likeness (QED) is 0.0427. The number of carbonyl (C=O) groups is 1. The normalized spacial score (nSPS) is 13.5. The Kier molecular flexibility index (Phi) is 44.9. The predicted octanol–water partition coefficient (Wildman–Crippen LogP) is 15.3. The fraction of sp³-hybridized carbons (Fsp3) is 0.784. The lowest BCUT2D eigenvalue weighted by Crippen LogP contribution is -2.45. The zero-order valence-electron chi connectivity index (χ0n) is 36.7. The van der Waals surface area contributed by atoms with Crippen LogP contribution in [0.15, 0.2) is 60.8 Å². The van der Waals surface area contributed by atoms with Gasteiger partial charge in [0.05, 0.1) is 18.8 Å². The molecule has 2 atom stereocenters. The van der Waals surface area contributed by atoms with Gasteiger partial charge in [0.2, 0.25) is 5.91 Å². The van der Waals surface area contributed by atoms with Crippen LogP contribution < -0.4 is 5.32 Å². The second-order valence-corrected chi connectivity index (χ2v) is 16.1. The molecule has 4 nitrogen and oxygen atoms in total. The molecule has 4 heteroatoms. The Balaban J connectivity index is 3.43. The minimum atomic E-state index is -0.868. The summed E-state index contributed by atoms with van der Waals surface area (Å²) >= 11 is 0. The van der Waals surface area contributed by atoms with Gasteiger partial charge in [0.1, 0.15) is 0 Å². The average Bonchev–Trinajstić information content (AvgIpc) is 3.19. The van der Waals surface area contributed by atoms with Crippen LogP contribution in [0, 0.1) is 0 Å². The molecule has 0 radical (unpaired) electrons. The molecule has 0 aromatic rings. The Hall–Kier alpha value is -1.91. The SMILES string of the molecule is CC/C=C/CC/C=C/CC/C=C/C(O)C(CO)NC(=O)CCCCCCCCCCCCCCCCCCCCCCC/C=C\C/C=C\CCCCCCC. The number of carbonyl (C=O) groups excluding carboxylic acids is 1. The van der Waals surface area contributed by atoms with Gasteiger partial charge in [0.15, 0.2) is 0 Å². The highest BCUT2D eigenvalue weighted by Gasteiger charge is 2.17. The minimum Gasteiger partial charge on any atom is -0.394 e. The molecular weight excluding hydrogens is 675 g/mol. The maximum atomic E-state index is 12.4. The third kappa shape index (κ3) is 43.1. The number of allylic oxidation sites excluding steroid dienone is 9. The number of aliphatic hydroxyl groups excluding tert-OH is 2. The second kappa shape index (κ2) is 46.5. The van der Waals surface area contributed by atoms with Gasteiger partial charge in [-0.2, -0.15) is 0 Å². The van der Waals surface area contributed by atoms with Crippen LogP contribution in [-0.2, 0) is 4.79 Å². The smallest absolute Gasteiger partial charge is 0.220 e. The molecule has 55 heavy (non-hydrogen) atoms. The summed E-state index contributed by atoms with van der Waals surface area (Å²) in [4.78, 5) is 12.4. The summed E-state index contributed by atoms with van der Waals surface area (Å²) in [5, 5.41) is 22.9. The highest BCUT2D eigenvalue weighted by molar-refractivity contribution is 5.76. The first-order valence-electron chi connectivity index (χ1n) is 24.0. The highest BCUT2D eigenvalue weighted by Crippen LogP contribution is 2.16. The van der Waals surface area contributed by atoms with Crippen LogP contribution in [0.25, 0.3) is 0 Å². The van der Waals surface area contributed by atoms with Crippen LogP contribution in [0.4, 0.5) is 0 Å². The first kappa shape index (κ1) is 53.1. The van der Waals surface area contributed by atoms with Crippen LogP contribution >= 0.6 is 0 Å². The number of rotatable bonds is 43. The van der Waals surface area contributed by atoms with E-state index in [2.05, 4.69) is 67.8 Å². The number of unbranched alkanes of at least 4 members (excludes halogenated alkanes) is 28. The van der Waals surface area contributed by atoms with E-state index in [4.69, 9.17) is 0 Å². The lowest BCUT2D eigenvalue weighted by atomic mass is 10.0. The molecule has 3 N–H and O–H groups in total. The Bertz CT molecular complexity index is 919. The fourth-order valence-corrected chi connectivity index (χ4v) is 7.07. The van der Waals surface area contributed by atoms with E-state index in [1.54, 1.807) is 6.08 Å². The summed E-state index contributed by atoms with van der Waals surface area (Å²) < 4.78 is 0. The standard InChI is InChI=1S/C51H93NO3/c1-3-5-7-9-11-13-15-16-17-18-19-20-21-22-23-24-25-26-27-28-29-30-31-32-33-34-35-36-37-39-41-43-45-47-51(55)52-49(48-53)50(54)46-44-42-40-38-14-12-10-8-6-4-2/h6,8,14-16,18-19,38,44,46,49-50,53-54H,3-5,7,9-13,17,20-37,39-43,45,47-48H2,1-2H3,(H,52,55)/b8-6+,16-15-,19-18-,38-14+,46-44+. The summed E-state index contributed by atoms with van der Waals surface area (Å²) in [7, 11) is 0. The Labute approximate surface area is 343 Å². The Morgan fingerprint density at radius 1 is 0.455 bits per heavy atom. The van der Waals surface area contributed by atoms with Crippen LogP contribution in [0.1, 0.15) is 239 Å². The average molecular weight is 768 g/mol. The molecular formula is C51H93NO3. The van der Waals surface area contributed by atoms with E-state index < -0.39 is 12.1 Å². The van der Waals surface area contributed by atoms with Crippen molar-refractivity contribution in [3.8, 4) is 0 Å². The Morgan fingerprint density at radius 2 is 0.818 bits per heavy atom. The van der Waals surface area contributed by atoms with Gasteiger partial charge in [0, 0.05) is 6.42 Å². The van der Waals surface area contributed by atoms with E-state index in [-0.39, 0.29) is 12.5 Å². The number of hydrogen-bond acceptors (Lipinski definition) is 3. The molecule has 0 aliphatic carbocycles. The van der Waals surface area contributed by atoms with Crippen LogP contribution in [-0.4, -0.2) is 34.9 Å². The van der Waals surface area contributed by atoms with Gasteiger partial charge < -0.3 is 15.5 Å². The molecule has 320 valence electrons. The van der Waals surface area contributed by atoms with Crippen molar-refractivity contribution in [2.75, 3.05) is 6.61 Å². The van der Waals surface area contributed by atoms with Gasteiger partial charge in [-0.25, -0.2) is 0 Å². The maximum Gasteiger partial charge on any atom is 0.220 e. The highest BCUT2D eigenvalue weighted by atomic mass is 16.3. The fourth-order valence-electron chi connectivity index (χ4n) is 7.07. The molecule has 0 aromatic carbocycles. The number of nitrogens with one attached hydrogen (secondary N) is 1. The third-order valence-corrected chi connectivity index (χ3v) is 10.7. The Morgan fingerprint density at radius 3 is 1.24 bits per heavy atom. The van der Waals surface area contributed by atoms with Gasteiger partial charge in [-0.1, -0.05) is 222 Å². The zero-order valence-corrected chi connectivity index (χ0v) is 36.7. The van der Waals surface area contributed by atoms with Gasteiger partial charge in [-0.05, 0) is 70.6 Å². The monoisotopic (exact) mass is 768 g/mol. The van der Waals surface area contributed by atoms with Crippen molar-refractivity contribution < 1.29 is 15.0 Å². The van der Waals surface area contributed by atoms with Crippen molar-refractivity contribution in [3.63, 3.8) is 0 Å². The summed E-state index contributed by atoms with van der Waals surface area (Å²) in [6.07, 6.45) is 65.2. The van der Waals surface area contributed by atoms with E-state index >= 15 is 0 Å². The molecule has 1 amide bonds. The summed E-state index contributed by atoms with van der Waals surface area (Å²) in [5.41, 5.74) is 0. The summed E-state index contributed by atoms with van der Waals surface area (Å²) in [6.45, 7) is 4.16. The first-order chi connectivity index (χ1) is 27.2. The second-order valence-electron chi connectivity index (χ2n) is 16.1. The van der Waals surface area contributed by atoms with Crippen LogP contribution in [0.2, 0.25) is 0 Å². The van der Waals surface area contributed by atoms with E-state index in [1.165, 1.54) is 167 Å². The molecule has 0 aliphatic rings. The van der Waals surface area contributed by atoms with Crippen molar-refractivity contribution in [1.82, 2.24) is 5.32 Å². The van der Waals surface area contributed by atoms with Crippen LogP contribution in [0.5, 0.6) is 0 Å². The molecule has 0 spiro atoms. The van der Waals surface area contributed by atoms with Crippen LogP contribution in [0.3, 0.4) is 0 Å². The molecule has 0 saturated carbocycles. The van der Waals surface area contributed by atoms with E-state index in [1.807, 2.05) is 6.08 Å². The zero-order chi connectivity index (χ0) is 40.0. The van der Waals surface area contributed by atoms with Crippen molar-refractivity contribution in [1.29, 1.82) is 0 Å². The number of amides is 1. The number of aliphatic hydroxyl groups is 2. The molecule has 0 aliphatic heterocycles. The lowest BCUT2D eigenvalue weighted by molar-refractivity contribution is -0.123. The molecule has 0 heterocycles. The third-order valence-electron chi connectivity index (χ3n) is 10.7. The molecule has 2 unspecified atom stereocenters. The molecule has 0 saturated heterocycles. The topological polar surface area (TPSA) is 69.6 Å². The van der Waals surface area contributed by atoms with E-state index in [9.17, 15) is 15.0 Å². The summed E-state index contributed by atoms with van der Waals surface area (Å²) in [5.74, 6) is -0.0793. The molecule has 0 bridgehead atoms. The van der Waals surface area contributed by atoms with Gasteiger partial charge >= 0.3 is 0 Å². The largest absolute Gasteiger partial charge is 0.394 e. The van der Waals surface area contributed by atoms with Gasteiger partial charge in [0.25, 0.3) is 0 Å². The minimum absolute atomic E-state index is 0.0793. The van der Waals surface area contributed by atoms with Crippen molar-refractivity contribution >= 4 is 5.91 Å². The molecule has 0 rings (SSSR count). The predicted molar refractivity (Wildman–Crippen MR) is 244 cm³/mol. The molecule has 0 aromatic heterocycles. The van der Waals surface area contributed by atoms with Gasteiger partial charge in [-0.3, -0.25) is 4.79 Å². The maximum absolute atomic E-state index is 12.4. The first-order valence-corrected chi connectivity index (χ1v) is 24.0. The van der Waals surface area contributed by atoms with Gasteiger partial charge in [-0.15, -0.1) is 0 Å². The van der Waals surface area contributed by atoms with Crippen molar-refractivity contribution in [2.45, 2.75) is 251 Å². The van der Waals surface area contributed by atoms with E-state index in [0.29, 0.717) is 6.42 Å². The molecule has 0 fully saturated rings. The lowest BCUT2D eigenvalue weighted by Gasteiger charge is -2.19. The number of hydrogen-bond donors (Lipinski definition) is 3. The summed E-state index contributed by atoms with van der Waals surface area (Å²) in [6, 6.07) is -0.643.